The molecular formula is C19H17N5O2. The summed E-state index contributed by atoms with van der Waals surface area (Å²) in [5.41, 5.74) is 3.59. The summed E-state index contributed by atoms with van der Waals surface area (Å²) in [6.07, 6.45) is 1.79. The summed E-state index contributed by atoms with van der Waals surface area (Å²) in [6, 6.07) is 13.6. The van der Waals surface area contributed by atoms with Crippen LogP contribution in [0.3, 0.4) is 0 Å². The van der Waals surface area contributed by atoms with Gasteiger partial charge in [0.05, 0.1) is 25.4 Å². The Balaban J connectivity index is 1.92. The van der Waals surface area contributed by atoms with E-state index < -0.39 is 0 Å². The highest BCUT2D eigenvalue weighted by molar-refractivity contribution is 5.89. The highest BCUT2D eigenvalue weighted by Crippen LogP contribution is 2.35. The molecule has 130 valence electrons. The monoisotopic (exact) mass is 347 g/mol. The molecule has 0 aliphatic carbocycles. The van der Waals surface area contributed by atoms with Gasteiger partial charge in [0, 0.05) is 23.2 Å². The van der Waals surface area contributed by atoms with E-state index in [2.05, 4.69) is 20.5 Å². The summed E-state index contributed by atoms with van der Waals surface area (Å²) in [6.45, 7) is 2.02. The summed E-state index contributed by atoms with van der Waals surface area (Å²) in [5.74, 6) is 1.94. The van der Waals surface area contributed by atoms with Crippen LogP contribution in [0.25, 0.3) is 28.0 Å². The van der Waals surface area contributed by atoms with E-state index in [-0.39, 0.29) is 0 Å². The topological polar surface area (TPSA) is 75.0 Å². The fourth-order valence-corrected chi connectivity index (χ4v) is 2.98. The van der Waals surface area contributed by atoms with Crippen molar-refractivity contribution in [2.45, 2.75) is 6.92 Å². The van der Waals surface area contributed by atoms with Gasteiger partial charge in [-0.15, -0.1) is 5.10 Å². The molecule has 0 saturated carbocycles. The Labute approximate surface area is 150 Å². The molecule has 0 unspecified atom stereocenters. The highest BCUT2D eigenvalue weighted by atomic mass is 16.5. The van der Waals surface area contributed by atoms with E-state index in [0.717, 1.165) is 27.7 Å². The minimum Gasteiger partial charge on any atom is -0.493 e. The average Bonchev–Trinajstić information content (AvgIpc) is 3.17. The normalized spacial score (nSPS) is 10.9. The zero-order valence-electron chi connectivity index (χ0n) is 14.7. The maximum absolute atomic E-state index is 5.42. The lowest BCUT2D eigenvalue weighted by Crippen LogP contribution is -2.01. The molecule has 7 heteroatoms. The predicted molar refractivity (Wildman–Crippen MR) is 97.7 cm³/mol. The second-order valence-electron chi connectivity index (χ2n) is 5.77. The molecule has 0 atom stereocenters. The van der Waals surface area contributed by atoms with Crippen LogP contribution >= 0.6 is 0 Å². The van der Waals surface area contributed by atoms with E-state index in [4.69, 9.17) is 9.47 Å². The van der Waals surface area contributed by atoms with E-state index >= 15 is 0 Å². The van der Waals surface area contributed by atoms with Crippen molar-refractivity contribution in [3.05, 3.63) is 54.2 Å². The van der Waals surface area contributed by atoms with E-state index in [1.165, 1.54) is 0 Å². The Morgan fingerprint density at radius 3 is 2.42 bits per heavy atom. The molecule has 0 amide bonds. The third-order valence-electron chi connectivity index (χ3n) is 4.35. The number of rotatable bonds is 4. The van der Waals surface area contributed by atoms with E-state index in [1.54, 1.807) is 25.1 Å². The van der Waals surface area contributed by atoms with Crippen LogP contribution in [0.2, 0.25) is 0 Å². The smallest absolute Gasteiger partial charge is 0.188 e. The molecule has 0 aliphatic rings. The number of para-hydroxylation sites is 1. The quantitative estimate of drug-likeness (QED) is 0.564. The van der Waals surface area contributed by atoms with Crippen molar-refractivity contribution in [3.63, 3.8) is 0 Å². The molecule has 26 heavy (non-hydrogen) atoms. The van der Waals surface area contributed by atoms with Gasteiger partial charge in [0.2, 0.25) is 0 Å². The molecule has 4 rings (SSSR count). The summed E-state index contributed by atoms with van der Waals surface area (Å²) in [5, 5.41) is 13.1. The Morgan fingerprint density at radius 1 is 0.962 bits per heavy atom. The molecule has 2 aromatic carbocycles. The van der Waals surface area contributed by atoms with Crippen LogP contribution in [-0.2, 0) is 0 Å². The van der Waals surface area contributed by atoms with Gasteiger partial charge in [0.1, 0.15) is 0 Å². The zero-order valence-corrected chi connectivity index (χ0v) is 14.7. The fourth-order valence-electron chi connectivity index (χ4n) is 2.98. The van der Waals surface area contributed by atoms with Crippen molar-refractivity contribution in [2.75, 3.05) is 14.2 Å². The number of hydrogen-bond acceptors (Lipinski definition) is 6. The van der Waals surface area contributed by atoms with E-state index in [9.17, 15) is 0 Å². The van der Waals surface area contributed by atoms with Gasteiger partial charge in [-0.2, -0.15) is 4.68 Å². The summed E-state index contributed by atoms with van der Waals surface area (Å²) >= 11 is 0. The van der Waals surface area contributed by atoms with Gasteiger partial charge in [-0.3, -0.25) is 4.98 Å². The first-order valence-corrected chi connectivity index (χ1v) is 8.08. The molecule has 2 heterocycles. The second-order valence-corrected chi connectivity index (χ2v) is 5.77. The summed E-state index contributed by atoms with van der Waals surface area (Å²) in [7, 11) is 3.23. The maximum atomic E-state index is 5.42. The first kappa shape index (κ1) is 16.0. The number of ether oxygens (including phenoxy) is 2. The van der Waals surface area contributed by atoms with Crippen molar-refractivity contribution in [1.29, 1.82) is 0 Å². The number of methoxy groups -OCH3 is 2. The van der Waals surface area contributed by atoms with Crippen LogP contribution in [0.1, 0.15) is 5.56 Å². The van der Waals surface area contributed by atoms with Crippen LogP contribution < -0.4 is 9.47 Å². The predicted octanol–water partition coefficient (Wildman–Crippen LogP) is 3.20. The summed E-state index contributed by atoms with van der Waals surface area (Å²) < 4.78 is 12.5. The highest BCUT2D eigenvalue weighted by Gasteiger charge is 2.17. The standard InChI is InChI=1S/C19H17N5O2/c1-12-14-9-17(25-2)18(26-3)10-16(14)20-11-15(12)19-21-22-23-24(19)13-7-5-4-6-8-13/h4-11H,1-3H3. The largest absolute Gasteiger partial charge is 0.493 e. The van der Waals surface area contributed by atoms with Crippen molar-refractivity contribution in [2.24, 2.45) is 0 Å². The first-order valence-electron chi connectivity index (χ1n) is 8.08. The van der Waals surface area contributed by atoms with Crippen LogP contribution in [0.5, 0.6) is 11.5 Å². The number of tetrazole rings is 1. The van der Waals surface area contributed by atoms with Gasteiger partial charge in [-0.05, 0) is 41.1 Å². The molecule has 4 aromatic rings. The molecule has 0 aliphatic heterocycles. The number of aryl methyl sites for hydroxylation is 1. The van der Waals surface area contributed by atoms with Gasteiger partial charge in [-0.1, -0.05) is 18.2 Å². The molecular weight excluding hydrogens is 330 g/mol. The first-order chi connectivity index (χ1) is 12.7. The maximum Gasteiger partial charge on any atom is 0.188 e. The Bertz CT molecular complexity index is 1080. The van der Waals surface area contributed by atoms with Gasteiger partial charge < -0.3 is 9.47 Å². The minimum absolute atomic E-state index is 0.637. The number of fused-ring (bicyclic) bond motifs is 1. The number of benzene rings is 2. The van der Waals surface area contributed by atoms with E-state index in [0.29, 0.717) is 17.3 Å². The Kier molecular flexibility index (Phi) is 3.96. The molecule has 7 nitrogen and oxygen atoms in total. The van der Waals surface area contributed by atoms with Crippen LogP contribution in [0, 0.1) is 6.92 Å². The fraction of sp³-hybridized carbons (Fsp3) is 0.158. The lowest BCUT2D eigenvalue weighted by molar-refractivity contribution is 0.356. The van der Waals surface area contributed by atoms with Crippen LogP contribution in [0.15, 0.2) is 48.7 Å². The SMILES string of the molecule is COc1cc2ncc(-c3nnnn3-c3ccccc3)c(C)c2cc1OC. The Morgan fingerprint density at radius 2 is 1.69 bits per heavy atom. The molecule has 0 radical (unpaired) electrons. The number of nitrogens with zero attached hydrogens (tertiary/aromatic N) is 5. The van der Waals surface area contributed by atoms with Gasteiger partial charge in [0.25, 0.3) is 0 Å². The third kappa shape index (κ3) is 2.54. The van der Waals surface area contributed by atoms with Crippen LogP contribution in [-0.4, -0.2) is 39.4 Å². The molecule has 0 bridgehead atoms. The Hall–Kier alpha value is -3.48. The van der Waals surface area contributed by atoms with Crippen molar-refractivity contribution in [1.82, 2.24) is 25.2 Å². The van der Waals surface area contributed by atoms with Crippen molar-refractivity contribution >= 4 is 10.9 Å². The minimum atomic E-state index is 0.637. The van der Waals surface area contributed by atoms with Crippen molar-refractivity contribution in [3.8, 4) is 28.6 Å². The van der Waals surface area contributed by atoms with Gasteiger partial charge >= 0.3 is 0 Å². The zero-order chi connectivity index (χ0) is 18.1. The van der Waals surface area contributed by atoms with Gasteiger partial charge in [0.15, 0.2) is 17.3 Å². The molecule has 0 fully saturated rings. The number of aromatic nitrogens is 5. The summed E-state index contributed by atoms with van der Waals surface area (Å²) in [4.78, 5) is 4.57. The molecule has 0 saturated heterocycles. The lowest BCUT2D eigenvalue weighted by Gasteiger charge is -2.12. The number of pyridine rings is 1. The molecule has 0 spiro atoms. The second kappa shape index (κ2) is 6.44. The van der Waals surface area contributed by atoms with E-state index in [1.807, 2.05) is 49.4 Å². The van der Waals surface area contributed by atoms with Crippen LogP contribution in [0.4, 0.5) is 0 Å². The average molecular weight is 347 g/mol. The third-order valence-corrected chi connectivity index (χ3v) is 4.35. The molecule has 0 N–H and O–H groups in total. The van der Waals surface area contributed by atoms with Gasteiger partial charge in [-0.25, -0.2) is 0 Å². The van der Waals surface area contributed by atoms with Crippen molar-refractivity contribution < 1.29 is 9.47 Å². The number of hydrogen-bond donors (Lipinski definition) is 0. The lowest BCUT2D eigenvalue weighted by atomic mass is 10.0. The molecule has 2 aromatic heterocycles.